The van der Waals surface area contributed by atoms with E-state index in [-0.39, 0.29) is 12.6 Å². The van der Waals surface area contributed by atoms with E-state index < -0.39 is 0 Å². The smallest absolute Gasteiger partial charge is 0.229 e. The topological polar surface area (TPSA) is 79.4 Å². The van der Waals surface area contributed by atoms with Gasteiger partial charge in [-0.25, -0.2) is 9.97 Å². The van der Waals surface area contributed by atoms with Crippen molar-refractivity contribution in [3.63, 3.8) is 0 Å². The molecule has 0 amide bonds. The fourth-order valence-electron chi connectivity index (χ4n) is 3.98. The number of benzene rings is 1. The van der Waals surface area contributed by atoms with Crippen molar-refractivity contribution in [1.29, 1.82) is 0 Å². The molecular formula is C21H18Cl2N6O. The lowest BCUT2D eigenvalue weighted by Crippen LogP contribution is -2.34. The molecular weight excluding hydrogens is 423 g/mol. The third-order valence-corrected chi connectivity index (χ3v) is 6.16. The van der Waals surface area contributed by atoms with Crippen molar-refractivity contribution in [2.45, 2.75) is 18.9 Å². The van der Waals surface area contributed by atoms with Crippen LogP contribution in [0.1, 0.15) is 12.8 Å². The summed E-state index contributed by atoms with van der Waals surface area (Å²) in [7, 11) is 0. The Morgan fingerprint density at radius 3 is 2.67 bits per heavy atom. The number of aromatic nitrogens is 5. The molecule has 1 unspecified atom stereocenters. The molecule has 4 heterocycles. The zero-order valence-electron chi connectivity index (χ0n) is 15.9. The van der Waals surface area contributed by atoms with Gasteiger partial charge in [-0.3, -0.25) is 4.98 Å². The minimum atomic E-state index is 0.00557. The molecule has 3 aromatic heterocycles. The van der Waals surface area contributed by atoms with Gasteiger partial charge in [0.2, 0.25) is 5.95 Å². The highest BCUT2D eigenvalue weighted by atomic mass is 35.5. The highest BCUT2D eigenvalue weighted by molar-refractivity contribution is 6.42. The highest BCUT2D eigenvalue weighted by Gasteiger charge is 2.29. The van der Waals surface area contributed by atoms with Crippen LogP contribution >= 0.6 is 23.2 Å². The Kier molecular flexibility index (Phi) is 5.02. The second-order valence-corrected chi connectivity index (χ2v) is 7.98. The molecule has 0 spiro atoms. The Labute approximate surface area is 182 Å². The summed E-state index contributed by atoms with van der Waals surface area (Å²) in [6.07, 6.45) is 6.88. The third-order valence-electron chi connectivity index (χ3n) is 5.42. The number of rotatable bonds is 4. The van der Waals surface area contributed by atoms with Crippen molar-refractivity contribution in [1.82, 2.24) is 24.6 Å². The van der Waals surface area contributed by atoms with E-state index in [2.05, 4.69) is 20.0 Å². The van der Waals surface area contributed by atoms with Crippen molar-refractivity contribution >= 4 is 34.8 Å². The first-order chi connectivity index (χ1) is 14.7. The minimum absolute atomic E-state index is 0.00557. The predicted molar refractivity (Wildman–Crippen MR) is 117 cm³/mol. The second kappa shape index (κ2) is 7.83. The van der Waals surface area contributed by atoms with Gasteiger partial charge in [0.05, 0.1) is 34.0 Å². The fraction of sp³-hybridized carbons (Fsp3) is 0.238. The molecule has 1 aromatic carbocycles. The number of aliphatic hydroxyl groups excluding tert-OH is 1. The van der Waals surface area contributed by atoms with Crippen LogP contribution < -0.4 is 4.90 Å². The zero-order valence-corrected chi connectivity index (χ0v) is 17.4. The first-order valence-corrected chi connectivity index (χ1v) is 10.4. The summed E-state index contributed by atoms with van der Waals surface area (Å²) >= 11 is 12.5. The molecule has 1 saturated heterocycles. The molecule has 152 valence electrons. The van der Waals surface area contributed by atoms with Crippen LogP contribution in [-0.2, 0) is 0 Å². The Morgan fingerprint density at radius 2 is 1.90 bits per heavy atom. The second-order valence-electron chi connectivity index (χ2n) is 7.17. The molecule has 1 aliphatic heterocycles. The Morgan fingerprint density at radius 1 is 1.07 bits per heavy atom. The highest BCUT2D eigenvalue weighted by Crippen LogP contribution is 2.38. The number of pyridine rings is 1. The maximum atomic E-state index is 9.85. The van der Waals surface area contributed by atoms with E-state index in [9.17, 15) is 5.11 Å². The van der Waals surface area contributed by atoms with Gasteiger partial charge in [0.1, 0.15) is 6.33 Å². The summed E-state index contributed by atoms with van der Waals surface area (Å²) in [5.41, 5.74) is 3.95. The number of hydrogen-bond donors (Lipinski definition) is 1. The summed E-state index contributed by atoms with van der Waals surface area (Å²) in [4.78, 5) is 15.8. The van der Waals surface area contributed by atoms with Crippen LogP contribution in [0, 0.1) is 0 Å². The van der Waals surface area contributed by atoms with Crippen molar-refractivity contribution in [3.8, 4) is 22.4 Å². The molecule has 0 saturated carbocycles. The third kappa shape index (κ3) is 3.19. The Balaban J connectivity index is 1.82. The van der Waals surface area contributed by atoms with Crippen LogP contribution in [0.25, 0.3) is 28.0 Å². The summed E-state index contributed by atoms with van der Waals surface area (Å²) in [5.74, 6) is 0.662. The molecule has 0 radical (unpaired) electrons. The normalized spacial score (nSPS) is 16.5. The van der Waals surface area contributed by atoms with Gasteiger partial charge in [-0.2, -0.15) is 9.61 Å². The zero-order chi connectivity index (χ0) is 20.7. The molecule has 1 N–H and O–H groups in total. The summed E-state index contributed by atoms with van der Waals surface area (Å²) in [5, 5.41) is 15.2. The lowest BCUT2D eigenvalue weighted by molar-refractivity contribution is 0.265. The first-order valence-electron chi connectivity index (χ1n) is 9.64. The van der Waals surface area contributed by atoms with Gasteiger partial charge in [0.15, 0.2) is 5.65 Å². The van der Waals surface area contributed by atoms with Crippen LogP contribution in [0.3, 0.4) is 0 Å². The molecule has 9 heteroatoms. The number of nitrogens with zero attached hydrogens (tertiary/aromatic N) is 6. The average Bonchev–Trinajstić information content (AvgIpc) is 3.45. The van der Waals surface area contributed by atoms with Gasteiger partial charge in [0.25, 0.3) is 0 Å². The molecule has 0 bridgehead atoms. The van der Waals surface area contributed by atoms with Crippen LogP contribution in [0.2, 0.25) is 10.0 Å². The van der Waals surface area contributed by atoms with E-state index in [1.54, 1.807) is 23.0 Å². The molecule has 1 fully saturated rings. The molecule has 4 aromatic rings. The summed E-state index contributed by atoms with van der Waals surface area (Å²) in [6.45, 7) is 0.867. The molecule has 5 rings (SSSR count). The van der Waals surface area contributed by atoms with Crippen LogP contribution in [0.15, 0.2) is 49.1 Å². The quantitative estimate of drug-likeness (QED) is 0.513. The van der Waals surface area contributed by atoms with Gasteiger partial charge in [-0.05, 0) is 42.7 Å². The van der Waals surface area contributed by atoms with Crippen LogP contribution in [-0.4, -0.2) is 48.9 Å². The first kappa shape index (κ1) is 19.2. The van der Waals surface area contributed by atoms with E-state index >= 15 is 0 Å². The van der Waals surface area contributed by atoms with Gasteiger partial charge >= 0.3 is 0 Å². The monoisotopic (exact) mass is 440 g/mol. The van der Waals surface area contributed by atoms with Gasteiger partial charge in [-0.1, -0.05) is 29.3 Å². The molecule has 1 atom stereocenters. The average molecular weight is 441 g/mol. The largest absolute Gasteiger partial charge is 0.394 e. The predicted octanol–water partition coefficient (Wildman–Crippen LogP) is 4.12. The summed E-state index contributed by atoms with van der Waals surface area (Å²) in [6, 6.07) is 9.30. The maximum Gasteiger partial charge on any atom is 0.229 e. The van der Waals surface area contributed by atoms with Crippen LogP contribution in [0.5, 0.6) is 0 Å². The fourth-order valence-corrected chi connectivity index (χ4v) is 4.28. The van der Waals surface area contributed by atoms with E-state index in [1.165, 1.54) is 6.33 Å². The van der Waals surface area contributed by atoms with Crippen molar-refractivity contribution in [3.05, 3.63) is 59.1 Å². The number of halogens is 2. The summed E-state index contributed by atoms with van der Waals surface area (Å²) < 4.78 is 1.73. The van der Waals surface area contributed by atoms with E-state index in [0.717, 1.165) is 41.8 Å². The number of hydrogen-bond acceptors (Lipinski definition) is 6. The number of fused-ring (bicyclic) bond motifs is 1. The van der Waals surface area contributed by atoms with Gasteiger partial charge in [0, 0.05) is 24.5 Å². The number of aliphatic hydroxyl groups is 1. The van der Waals surface area contributed by atoms with Crippen molar-refractivity contribution < 1.29 is 5.11 Å². The Bertz CT molecular complexity index is 1210. The molecule has 0 aliphatic carbocycles. The molecule has 30 heavy (non-hydrogen) atoms. The van der Waals surface area contributed by atoms with E-state index in [0.29, 0.717) is 21.6 Å². The van der Waals surface area contributed by atoms with Crippen molar-refractivity contribution in [2.24, 2.45) is 0 Å². The maximum absolute atomic E-state index is 9.85. The lowest BCUT2D eigenvalue weighted by atomic mass is 10.0. The minimum Gasteiger partial charge on any atom is -0.394 e. The lowest BCUT2D eigenvalue weighted by Gasteiger charge is -2.25. The van der Waals surface area contributed by atoms with E-state index in [4.69, 9.17) is 28.2 Å². The standard InChI is InChI=1S/C21H18Cl2N6O/c22-16-4-3-14(10-17(16)23)18-19(13-5-7-24-8-6-13)27-21(29-20(18)25-12-26-29)28-9-1-2-15(28)11-30/h3-8,10,12,15,30H,1-2,9,11H2. The number of anilines is 1. The molecule has 7 nitrogen and oxygen atoms in total. The Hall–Kier alpha value is -2.74. The van der Waals surface area contributed by atoms with Crippen LogP contribution in [0.4, 0.5) is 5.95 Å². The van der Waals surface area contributed by atoms with Gasteiger partial charge < -0.3 is 10.0 Å². The van der Waals surface area contributed by atoms with Crippen molar-refractivity contribution in [2.75, 3.05) is 18.1 Å². The van der Waals surface area contributed by atoms with E-state index in [1.807, 2.05) is 24.3 Å². The SMILES string of the molecule is OCC1CCCN1c1nc(-c2ccncc2)c(-c2ccc(Cl)c(Cl)c2)c2ncnn12. The van der Waals surface area contributed by atoms with Gasteiger partial charge in [-0.15, -0.1) is 0 Å². The molecule has 1 aliphatic rings.